The van der Waals surface area contributed by atoms with Gasteiger partial charge in [0.1, 0.15) is 0 Å². The highest BCUT2D eigenvalue weighted by Crippen LogP contribution is 2.06. The lowest BCUT2D eigenvalue weighted by Crippen LogP contribution is -2.17. The molecule has 0 aliphatic heterocycles. The lowest BCUT2D eigenvalue weighted by atomic mass is 10.2. The van der Waals surface area contributed by atoms with Gasteiger partial charge in [0.15, 0.2) is 0 Å². The molecular weight excluding hydrogens is 260 g/mol. The fourth-order valence-corrected chi connectivity index (χ4v) is 2.18. The molecule has 0 amide bonds. The number of rotatable bonds is 6. The second kappa shape index (κ2) is 6.81. The number of hydrogen-bond acceptors (Lipinski definition) is 3. The van der Waals surface area contributed by atoms with Gasteiger partial charge in [-0.2, -0.15) is 5.10 Å². The molecule has 4 heteroatoms. The van der Waals surface area contributed by atoms with Crippen LogP contribution in [0.5, 0.6) is 0 Å². The van der Waals surface area contributed by atoms with Crippen LogP contribution in [0.25, 0.3) is 5.69 Å². The Bertz CT molecular complexity index is 662. The Kier molecular flexibility index (Phi) is 4.39. The van der Waals surface area contributed by atoms with Crippen LogP contribution in [0.2, 0.25) is 0 Å². The van der Waals surface area contributed by atoms with Crippen molar-refractivity contribution in [2.75, 3.05) is 6.54 Å². The van der Waals surface area contributed by atoms with Crippen LogP contribution in [0, 0.1) is 0 Å². The molecule has 3 rings (SSSR count). The Balaban J connectivity index is 1.49. The van der Waals surface area contributed by atoms with Crippen LogP contribution in [0.1, 0.15) is 11.3 Å². The minimum atomic E-state index is 0.778. The first-order chi connectivity index (χ1) is 10.4. The molecule has 4 nitrogen and oxygen atoms in total. The maximum Gasteiger partial charge on any atom is 0.0766 e. The van der Waals surface area contributed by atoms with Gasteiger partial charge in [0, 0.05) is 25.1 Å². The molecule has 0 aliphatic rings. The molecule has 0 saturated carbocycles. The molecule has 0 unspecified atom stereocenters. The van der Waals surface area contributed by atoms with Crippen LogP contribution >= 0.6 is 0 Å². The predicted octanol–water partition coefficient (Wildman–Crippen LogP) is 2.60. The van der Waals surface area contributed by atoms with Crippen molar-refractivity contribution in [2.45, 2.75) is 13.0 Å². The standard InChI is InChI=1S/C17H18N4/c1-2-6-17(7-3-1)21-12-9-16(20-21)14-19-11-8-15-5-4-10-18-13-15/h1-7,9-10,12-13,19H,8,11,14H2. The molecule has 0 radical (unpaired) electrons. The first-order valence-electron chi connectivity index (χ1n) is 7.11. The number of nitrogens with zero attached hydrogens (tertiary/aromatic N) is 3. The topological polar surface area (TPSA) is 42.7 Å². The van der Waals surface area contributed by atoms with Gasteiger partial charge in [-0.3, -0.25) is 4.98 Å². The van der Waals surface area contributed by atoms with Gasteiger partial charge in [0.05, 0.1) is 11.4 Å². The highest BCUT2D eigenvalue weighted by atomic mass is 15.3. The zero-order valence-corrected chi connectivity index (χ0v) is 11.8. The summed E-state index contributed by atoms with van der Waals surface area (Å²) in [6, 6.07) is 16.2. The fraction of sp³-hybridized carbons (Fsp3) is 0.176. The van der Waals surface area contributed by atoms with Gasteiger partial charge in [-0.25, -0.2) is 4.68 Å². The van der Waals surface area contributed by atoms with Gasteiger partial charge in [0.25, 0.3) is 0 Å². The van der Waals surface area contributed by atoms with Gasteiger partial charge >= 0.3 is 0 Å². The van der Waals surface area contributed by atoms with E-state index < -0.39 is 0 Å². The van der Waals surface area contributed by atoms with E-state index in [0.29, 0.717) is 0 Å². The predicted molar refractivity (Wildman–Crippen MR) is 83.2 cm³/mol. The third-order valence-electron chi connectivity index (χ3n) is 3.28. The zero-order chi connectivity index (χ0) is 14.3. The van der Waals surface area contributed by atoms with Crippen molar-refractivity contribution in [2.24, 2.45) is 0 Å². The van der Waals surface area contributed by atoms with Crippen molar-refractivity contribution in [3.8, 4) is 5.69 Å². The highest BCUT2D eigenvalue weighted by Gasteiger charge is 2.00. The maximum absolute atomic E-state index is 4.57. The maximum atomic E-state index is 4.57. The van der Waals surface area contributed by atoms with Crippen molar-refractivity contribution < 1.29 is 0 Å². The summed E-state index contributed by atoms with van der Waals surface area (Å²) in [5.41, 5.74) is 3.38. The van der Waals surface area contributed by atoms with Crippen molar-refractivity contribution >= 4 is 0 Å². The number of hydrogen-bond donors (Lipinski definition) is 1. The van der Waals surface area contributed by atoms with Crippen LogP contribution in [0.3, 0.4) is 0 Å². The number of para-hydroxylation sites is 1. The summed E-state index contributed by atoms with van der Waals surface area (Å²) in [4.78, 5) is 4.12. The molecule has 3 aromatic rings. The van der Waals surface area contributed by atoms with E-state index in [1.54, 1.807) is 6.20 Å². The van der Waals surface area contributed by atoms with Crippen LogP contribution < -0.4 is 5.32 Å². The van der Waals surface area contributed by atoms with Gasteiger partial charge in [0.2, 0.25) is 0 Å². The van der Waals surface area contributed by atoms with Gasteiger partial charge in [-0.15, -0.1) is 0 Å². The average molecular weight is 278 g/mol. The molecule has 1 aromatic carbocycles. The van der Waals surface area contributed by atoms with E-state index in [1.165, 1.54) is 5.56 Å². The summed E-state index contributed by atoms with van der Waals surface area (Å²) < 4.78 is 1.90. The Morgan fingerprint density at radius 3 is 2.71 bits per heavy atom. The number of pyridine rings is 1. The zero-order valence-electron chi connectivity index (χ0n) is 11.8. The van der Waals surface area contributed by atoms with E-state index in [2.05, 4.69) is 21.5 Å². The molecule has 0 spiro atoms. The Morgan fingerprint density at radius 1 is 1.00 bits per heavy atom. The van der Waals surface area contributed by atoms with E-state index in [0.717, 1.165) is 30.9 Å². The Labute approximate surface area is 124 Å². The normalized spacial score (nSPS) is 10.7. The molecule has 2 heterocycles. The monoisotopic (exact) mass is 278 g/mol. The first kappa shape index (κ1) is 13.5. The van der Waals surface area contributed by atoms with Gasteiger partial charge in [-0.1, -0.05) is 24.3 Å². The number of aromatic nitrogens is 3. The van der Waals surface area contributed by atoms with E-state index in [4.69, 9.17) is 0 Å². The van der Waals surface area contributed by atoms with E-state index in [9.17, 15) is 0 Å². The van der Waals surface area contributed by atoms with Crippen molar-refractivity contribution in [3.63, 3.8) is 0 Å². The summed E-state index contributed by atoms with van der Waals surface area (Å²) in [6.45, 7) is 1.70. The van der Waals surface area contributed by atoms with Crippen molar-refractivity contribution in [3.05, 3.63) is 78.4 Å². The molecule has 0 aliphatic carbocycles. The lowest BCUT2D eigenvalue weighted by Gasteiger charge is -2.03. The smallest absolute Gasteiger partial charge is 0.0766 e. The summed E-state index contributed by atoms with van der Waals surface area (Å²) >= 11 is 0. The molecule has 1 N–H and O–H groups in total. The third-order valence-corrected chi connectivity index (χ3v) is 3.28. The van der Waals surface area contributed by atoms with Crippen LogP contribution in [0.4, 0.5) is 0 Å². The van der Waals surface area contributed by atoms with Crippen LogP contribution in [0.15, 0.2) is 67.1 Å². The van der Waals surface area contributed by atoms with Crippen molar-refractivity contribution in [1.82, 2.24) is 20.1 Å². The Hall–Kier alpha value is -2.46. The van der Waals surface area contributed by atoms with Crippen LogP contribution in [-0.4, -0.2) is 21.3 Å². The van der Waals surface area contributed by atoms with Crippen LogP contribution in [-0.2, 0) is 13.0 Å². The molecule has 0 saturated heterocycles. The summed E-state index contributed by atoms with van der Waals surface area (Å²) in [5.74, 6) is 0. The number of benzene rings is 1. The van der Waals surface area contributed by atoms with E-state index >= 15 is 0 Å². The molecule has 106 valence electrons. The average Bonchev–Trinajstić information content (AvgIpc) is 3.02. The summed E-state index contributed by atoms with van der Waals surface area (Å²) in [6.07, 6.45) is 6.68. The van der Waals surface area contributed by atoms with Crippen molar-refractivity contribution in [1.29, 1.82) is 0 Å². The van der Waals surface area contributed by atoms with E-state index in [-0.39, 0.29) is 0 Å². The Morgan fingerprint density at radius 2 is 1.90 bits per heavy atom. The highest BCUT2D eigenvalue weighted by molar-refractivity contribution is 5.30. The second-order valence-corrected chi connectivity index (χ2v) is 4.88. The summed E-state index contributed by atoms with van der Waals surface area (Å²) in [5, 5.41) is 7.98. The third kappa shape index (κ3) is 3.77. The van der Waals surface area contributed by atoms with Gasteiger partial charge < -0.3 is 5.32 Å². The van der Waals surface area contributed by atoms with Gasteiger partial charge in [-0.05, 0) is 42.8 Å². The molecule has 21 heavy (non-hydrogen) atoms. The quantitative estimate of drug-likeness (QED) is 0.705. The SMILES string of the molecule is c1ccc(-n2ccc(CNCCc3cccnc3)n2)cc1. The molecule has 0 bridgehead atoms. The molecule has 2 aromatic heterocycles. The number of nitrogens with one attached hydrogen (secondary N) is 1. The first-order valence-corrected chi connectivity index (χ1v) is 7.11. The molecule has 0 atom stereocenters. The second-order valence-electron chi connectivity index (χ2n) is 4.88. The minimum Gasteiger partial charge on any atom is -0.311 e. The van der Waals surface area contributed by atoms with E-state index in [1.807, 2.05) is 59.5 Å². The largest absolute Gasteiger partial charge is 0.311 e. The fourth-order valence-electron chi connectivity index (χ4n) is 2.18. The minimum absolute atomic E-state index is 0.778. The molecule has 0 fully saturated rings. The summed E-state index contributed by atoms with van der Waals surface area (Å²) in [7, 11) is 0. The lowest BCUT2D eigenvalue weighted by molar-refractivity contribution is 0.665. The molecular formula is C17H18N4.